The van der Waals surface area contributed by atoms with E-state index in [-0.39, 0.29) is 0 Å². The van der Waals surface area contributed by atoms with Crippen molar-refractivity contribution in [1.82, 2.24) is 5.32 Å². The van der Waals surface area contributed by atoms with E-state index in [9.17, 15) is 0 Å². The number of rotatable bonds is 4. The molecule has 3 rings (SSSR count). The number of fused-ring (bicyclic) bond motifs is 1. The molecule has 2 aliphatic carbocycles. The highest BCUT2D eigenvalue weighted by molar-refractivity contribution is 5.41. The Morgan fingerprint density at radius 2 is 1.68 bits per heavy atom. The standard InChI is InChI=1S/C18H27N/c1-5-19-18(17-14-7-6-8-15(14)17)16-12(3)9-11(2)10-13(16)4/h9-10,14-15,17-19H,5-8H2,1-4H3. The largest absolute Gasteiger partial charge is 0.310 e. The van der Waals surface area contributed by atoms with E-state index in [4.69, 9.17) is 0 Å². The van der Waals surface area contributed by atoms with E-state index in [1.807, 2.05) is 0 Å². The maximum Gasteiger partial charge on any atom is 0.0359 e. The average molecular weight is 257 g/mol. The second kappa shape index (κ2) is 4.94. The highest BCUT2D eigenvalue weighted by Crippen LogP contribution is 2.62. The molecule has 0 aromatic heterocycles. The fourth-order valence-corrected chi connectivity index (χ4v) is 4.70. The lowest BCUT2D eigenvalue weighted by molar-refractivity contribution is 0.423. The second-order valence-electron chi connectivity index (χ2n) is 6.68. The molecule has 3 atom stereocenters. The second-order valence-corrected chi connectivity index (χ2v) is 6.68. The van der Waals surface area contributed by atoms with Gasteiger partial charge in [-0.2, -0.15) is 0 Å². The molecule has 0 spiro atoms. The first-order valence-corrected chi connectivity index (χ1v) is 7.94. The third kappa shape index (κ3) is 2.23. The van der Waals surface area contributed by atoms with Gasteiger partial charge in [0.25, 0.3) is 0 Å². The summed E-state index contributed by atoms with van der Waals surface area (Å²) in [5, 5.41) is 3.79. The number of nitrogens with one attached hydrogen (secondary N) is 1. The molecule has 104 valence electrons. The van der Waals surface area contributed by atoms with E-state index < -0.39 is 0 Å². The molecule has 2 saturated carbocycles. The van der Waals surface area contributed by atoms with Gasteiger partial charge < -0.3 is 5.32 Å². The van der Waals surface area contributed by atoms with Crippen LogP contribution in [0.1, 0.15) is 54.5 Å². The van der Waals surface area contributed by atoms with Crippen molar-refractivity contribution in [1.29, 1.82) is 0 Å². The topological polar surface area (TPSA) is 12.0 Å². The number of hydrogen-bond acceptors (Lipinski definition) is 1. The van der Waals surface area contributed by atoms with Crippen LogP contribution in [0.25, 0.3) is 0 Å². The first kappa shape index (κ1) is 13.2. The minimum Gasteiger partial charge on any atom is -0.310 e. The van der Waals surface area contributed by atoms with Crippen molar-refractivity contribution in [2.24, 2.45) is 17.8 Å². The predicted molar refractivity (Wildman–Crippen MR) is 81.4 cm³/mol. The minimum atomic E-state index is 0.598. The lowest BCUT2D eigenvalue weighted by Crippen LogP contribution is -2.26. The van der Waals surface area contributed by atoms with Crippen molar-refractivity contribution in [3.05, 3.63) is 34.4 Å². The van der Waals surface area contributed by atoms with Gasteiger partial charge in [-0.25, -0.2) is 0 Å². The summed E-state index contributed by atoms with van der Waals surface area (Å²) in [5.74, 6) is 2.95. The van der Waals surface area contributed by atoms with Crippen LogP contribution >= 0.6 is 0 Å². The zero-order chi connectivity index (χ0) is 13.6. The van der Waals surface area contributed by atoms with Gasteiger partial charge in [0, 0.05) is 6.04 Å². The Hall–Kier alpha value is -0.820. The van der Waals surface area contributed by atoms with E-state index >= 15 is 0 Å². The Morgan fingerprint density at radius 3 is 2.21 bits per heavy atom. The van der Waals surface area contributed by atoms with Gasteiger partial charge in [0.2, 0.25) is 0 Å². The van der Waals surface area contributed by atoms with E-state index in [1.54, 1.807) is 5.56 Å². The van der Waals surface area contributed by atoms with Crippen LogP contribution in [-0.4, -0.2) is 6.54 Å². The third-order valence-corrected chi connectivity index (χ3v) is 5.33. The van der Waals surface area contributed by atoms with Crippen LogP contribution in [0, 0.1) is 38.5 Å². The summed E-state index contributed by atoms with van der Waals surface area (Å²) in [4.78, 5) is 0. The molecule has 0 radical (unpaired) electrons. The summed E-state index contributed by atoms with van der Waals surface area (Å²) in [5.41, 5.74) is 5.94. The van der Waals surface area contributed by atoms with Crippen LogP contribution in [-0.2, 0) is 0 Å². The number of benzene rings is 1. The van der Waals surface area contributed by atoms with Crippen LogP contribution in [0.3, 0.4) is 0 Å². The van der Waals surface area contributed by atoms with Gasteiger partial charge in [0.1, 0.15) is 0 Å². The average Bonchev–Trinajstić information content (AvgIpc) is 2.79. The van der Waals surface area contributed by atoms with Gasteiger partial charge in [0.15, 0.2) is 0 Å². The predicted octanol–water partition coefficient (Wildman–Crippen LogP) is 4.31. The Kier molecular flexibility index (Phi) is 3.42. The van der Waals surface area contributed by atoms with E-state index in [0.717, 1.165) is 24.3 Å². The molecule has 2 fully saturated rings. The molecule has 0 saturated heterocycles. The fraction of sp³-hybridized carbons (Fsp3) is 0.667. The smallest absolute Gasteiger partial charge is 0.0359 e. The Bertz CT molecular complexity index is 444. The maximum absolute atomic E-state index is 3.79. The van der Waals surface area contributed by atoms with Crippen molar-refractivity contribution in [3.8, 4) is 0 Å². The summed E-state index contributed by atoms with van der Waals surface area (Å²) in [6, 6.07) is 5.30. The SMILES string of the molecule is CCNC(c1c(C)cc(C)cc1C)C1C2CCCC21. The molecule has 3 unspecified atom stereocenters. The lowest BCUT2D eigenvalue weighted by Gasteiger charge is -2.25. The Morgan fingerprint density at radius 1 is 1.11 bits per heavy atom. The molecule has 1 aromatic rings. The van der Waals surface area contributed by atoms with Gasteiger partial charge in [-0.1, -0.05) is 31.0 Å². The van der Waals surface area contributed by atoms with Gasteiger partial charge in [-0.3, -0.25) is 0 Å². The Labute approximate surface area is 117 Å². The highest BCUT2D eigenvalue weighted by atomic mass is 14.9. The summed E-state index contributed by atoms with van der Waals surface area (Å²) in [6.07, 6.45) is 4.42. The fourth-order valence-electron chi connectivity index (χ4n) is 4.70. The first-order chi connectivity index (χ1) is 9.13. The van der Waals surface area contributed by atoms with E-state index in [1.165, 1.54) is 36.0 Å². The molecule has 1 aromatic carbocycles. The third-order valence-electron chi connectivity index (χ3n) is 5.33. The summed E-state index contributed by atoms with van der Waals surface area (Å²) < 4.78 is 0. The zero-order valence-electron chi connectivity index (χ0n) is 12.8. The molecule has 0 bridgehead atoms. The molecule has 0 heterocycles. The van der Waals surface area contributed by atoms with Gasteiger partial charge in [0.05, 0.1) is 0 Å². The molecular weight excluding hydrogens is 230 g/mol. The lowest BCUT2D eigenvalue weighted by atomic mass is 9.89. The number of aryl methyl sites for hydroxylation is 3. The quantitative estimate of drug-likeness (QED) is 0.847. The molecule has 1 nitrogen and oxygen atoms in total. The normalized spacial score (nSPS) is 30.2. The zero-order valence-corrected chi connectivity index (χ0v) is 12.8. The maximum atomic E-state index is 3.79. The summed E-state index contributed by atoms with van der Waals surface area (Å²) >= 11 is 0. The van der Waals surface area contributed by atoms with Crippen molar-refractivity contribution < 1.29 is 0 Å². The summed E-state index contributed by atoms with van der Waals surface area (Å²) in [6.45, 7) is 10.1. The molecule has 1 heteroatoms. The molecular formula is C18H27N. The van der Waals surface area contributed by atoms with Crippen LogP contribution < -0.4 is 5.32 Å². The van der Waals surface area contributed by atoms with Gasteiger partial charge in [-0.15, -0.1) is 0 Å². The molecule has 0 aliphatic heterocycles. The van der Waals surface area contributed by atoms with Crippen molar-refractivity contribution in [3.63, 3.8) is 0 Å². The molecule has 0 amide bonds. The first-order valence-electron chi connectivity index (χ1n) is 7.94. The minimum absolute atomic E-state index is 0.598. The van der Waals surface area contributed by atoms with Crippen molar-refractivity contribution in [2.75, 3.05) is 6.54 Å². The van der Waals surface area contributed by atoms with Crippen LogP contribution in [0.2, 0.25) is 0 Å². The molecule has 1 N–H and O–H groups in total. The van der Waals surface area contributed by atoms with Crippen LogP contribution in [0.15, 0.2) is 12.1 Å². The number of hydrogen-bond donors (Lipinski definition) is 1. The Balaban J connectivity index is 1.92. The molecule has 2 aliphatic rings. The van der Waals surface area contributed by atoms with Crippen molar-refractivity contribution in [2.45, 2.75) is 53.0 Å². The van der Waals surface area contributed by atoms with Crippen molar-refractivity contribution >= 4 is 0 Å². The van der Waals surface area contributed by atoms with Crippen LogP contribution in [0.4, 0.5) is 0 Å². The van der Waals surface area contributed by atoms with Gasteiger partial charge in [-0.05, 0) is 74.6 Å². The van der Waals surface area contributed by atoms with E-state index in [0.29, 0.717) is 6.04 Å². The monoisotopic (exact) mass is 257 g/mol. The highest BCUT2D eigenvalue weighted by Gasteiger charge is 2.56. The summed E-state index contributed by atoms with van der Waals surface area (Å²) in [7, 11) is 0. The van der Waals surface area contributed by atoms with Crippen LogP contribution in [0.5, 0.6) is 0 Å². The van der Waals surface area contributed by atoms with Gasteiger partial charge >= 0.3 is 0 Å². The van der Waals surface area contributed by atoms with E-state index in [2.05, 4.69) is 45.1 Å². The molecule has 19 heavy (non-hydrogen) atoms.